The molecule has 1 N–H and O–H groups in total. The molecule has 2 amide bonds. The van der Waals surface area contributed by atoms with Crippen molar-refractivity contribution >= 4 is 11.8 Å². The first-order valence-corrected chi connectivity index (χ1v) is 9.23. The van der Waals surface area contributed by atoms with Gasteiger partial charge >= 0.3 is 0 Å². The van der Waals surface area contributed by atoms with Crippen molar-refractivity contribution in [3.8, 4) is 5.75 Å². The molecule has 0 radical (unpaired) electrons. The van der Waals surface area contributed by atoms with Crippen molar-refractivity contribution in [1.29, 1.82) is 0 Å². The lowest BCUT2D eigenvalue weighted by atomic mass is 10.0. The van der Waals surface area contributed by atoms with Gasteiger partial charge in [-0.3, -0.25) is 14.6 Å². The number of hydrogen-bond donors (Lipinski definition) is 1. The Hall–Kier alpha value is -2.89. The summed E-state index contributed by atoms with van der Waals surface area (Å²) in [4.78, 5) is 30.5. The van der Waals surface area contributed by atoms with E-state index in [4.69, 9.17) is 4.74 Å². The number of carbonyl (C=O) groups is 2. The van der Waals surface area contributed by atoms with Gasteiger partial charge in [-0.25, -0.2) is 0 Å². The first-order chi connectivity index (χ1) is 13.0. The Morgan fingerprint density at radius 1 is 1.15 bits per heavy atom. The molecule has 1 aliphatic rings. The maximum atomic E-state index is 12.4. The lowest BCUT2D eigenvalue weighted by Gasteiger charge is -2.32. The van der Waals surface area contributed by atoms with Crippen LogP contribution in [0.25, 0.3) is 0 Å². The summed E-state index contributed by atoms with van der Waals surface area (Å²) in [7, 11) is 0. The van der Waals surface area contributed by atoms with Crippen LogP contribution in [0.5, 0.6) is 5.75 Å². The van der Waals surface area contributed by atoms with Gasteiger partial charge in [-0.1, -0.05) is 18.2 Å². The molecule has 6 heteroatoms. The molecule has 142 valence electrons. The number of piperidine rings is 1. The van der Waals surface area contributed by atoms with Crippen LogP contribution < -0.4 is 10.1 Å². The van der Waals surface area contributed by atoms with Gasteiger partial charge in [0.2, 0.25) is 0 Å². The summed E-state index contributed by atoms with van der Waals surface area (Å²) >= 11 is 0. The maximum absolute atomic E-state index is 12.4. The van der Waals surface area contributed by atoms with Gasteiger partial charge < -0.3 is 15.0 Å². The molecule has 1 aromatic carbocycles. The van der Waals surface area contributed by atoms with Crippen LogP contribution in [0.2, 0.25) is 0 Å². The third kappa shape index (κ3) is 4.84. The Labute approximate surface area is 159 Å². The van der Waals surface area contributed by atoms with Crippen molar-refractivity contribution in [3.63, 3.8) is 0 Å². The molecule has 1 aromatic heterocycles. The number of nitrogens with one attached hydrogen (secondary N) is 1. The molecular weight excluding hydrogens is 342 g/mol. The third-order valence-electron chi connectivity index (χ3n) is 4.94. The van der Waals surface area contributed by atoms with E-state index < -0.39 is 0 Å². The van der Waals surface area contributed by atoms with Crippen LogP contribution in [-0.2, 0) is 4.79 Å². The molecular formula is C21H25N3O3. The lowest BCUT2D eigenvalue weighted by Crippen LogP contribution is -2.47. The number of ether oxygens (including phenoxy) is 1. The Balaban J connectivity index is 1.44. The minimum atomic E-state index is -0.134. The molecule has 0 atom stereocenters. The van der Waals surface area contributed by atoms with E-state index in [1.165, 1.54) is 0 Å². The summed E-state index contributed by atoms with van der Waals surface area (Å²) in [6.45, 7) is 5.22. The van der Waals surface area contributed by atoms with Gasteiger partial charge in [0.05, 0.1) is 0 Å². The summed E-state index contributed by atoms with van der Waals surface area (Å²) in [6, 6.07) is 11.2. The van der Waals surface area contributed by atoms with Crippen molar-refractivity contribution in [2.75, 3.05) is 19.7 Å². The Morgan fingerprint density at radius 3 is 2.63 bits per heavy atom. The normalized spacial score (nSPS) is 14.7. The molecule has 1 aliphatic heterocycles. The SMILES string of the molecule is Cc1cccc(OCC(=O)NC2CCN(C(=O)c3ccccn3)CC2)c1C. The van der Waals surface area contributed by atoms with Gasteiger partial charge in [0.15, 0.2) is 6.61 Å². The highest BCUT2D eigenvalue weighted by atomic mass is 16.5. The van der Waals surface area contributed by atoms with E-state index in [0.29, 0.717) is 18.8 Å². The van der Waals surface area contributed by atoms with Crippen molar-refractivity contribution in [3.05, 3.63) is 59.4 Å². The average Bonchev–Trinajstić information content (AvgIpc) is 2.70. The molecule has 27 heavy (non-hydrogen) atoms. The Kier molecular flexibility index (Phi) is 6.06. The lowest BCUT2D eigenvalue weighted by molar-refractivity contribution is -0.124. The second-order valence-electron chi connectivity index (χ2n) is 6.84. The smallest absolute Gasteiger partial charge is 0.272 e. The molecule has 1 saturated heterocycles. The second-order valence-corrected chi connectivity index (χ2v) is 6.84. The Bertz CT molecular complexity index is 800. The molecule has 2 aromatic rings. The fourth-order valence-corrected chi connectivity index (χ4v) is 3.17. The summed E-state index contributed by atoms with van der Waals surface area (Å²) in [5.74, 6) is 0.546. The predicted molar refractivity (Wildman–Crippen MR) is 103 cm³/mol. The second kappa shape index (κ2) is 8.66. The van der Waals surface area contributed by atoms with Crippen LogP contribution in [0.1, 0.15) is 34.5 Å². The monoisotopic (exact) mass is 367 g/mol. The van der Waals surface area contributed by atoms with E-state index in [1.807, 2.05) is 38.1 Å². The zero-order valence-electron chi connectivity index (χ0n) is 15.8. The fraction of sp³-hybridized carbons (Fsp3) is 0.381. The summed E-state index contributed by atoms with van der Waals surface area (Å²) in [5.41, 5.74) is 2.64. The number of aryl methyl sites for hydroxylation is 1. The molecule has 1 fully saturated rings. The van der Waals surface area contributed by atoms with Crippen LogP contribution in [-0.4, -0.2) is 47.4 Å². The van der Waals surface area contributed by atoms with E-state index >= 15 is 0 Å². The first-order valence-electron chi connectivity index (χ1n) is 9.23. The zero-order chi connectivity index (χ0) is 19.2. The largest absolute Gasteiger partial charge is 0.483 e. The molecule has 0 spiro atoms. The predicted octanol–water partition coefficient (Wildman–Crippen LogP) is 2.50. The molecule has 0 unspecified atom stereocenters. The quantitative estimate of drug-likeness (QED) is 0.881. The van der Waals surface area contributed by atoms with Crippen LogP contribution >= 0.6 is 0 Å². The number of rotatable bonds is 5. The number of carbonyl (C=O) groups excluding carboxylic acids is 2. The van der Waals surface area contributed by atoms with Crippen molar-refractivity contribution < 1.29 is 14.3 Å². The topological polar surface area (TPSA) is 71.5 Å². The molecule has 0 saturated carbocycles. The first kappa shape index (κ1) is 18.9. The minimum absolute atomic E-state index is 0.00261. The van der Waals surface area contributed by atoms with Crippen molar-refractivity contribution in [2.45, 2.75) is 32.7 Å². The van der Waals surface area contributed by atoms with E-state index in [1.54, 1.807) is 23.2 Å². The van der Waals surface area contributed by atoms with Crippen LogP contribution in [0, 0.1) is 13.8 Å². The fourth-order valence-electron chi connectivity index (χ4n) is 3.17. The van der Waals surface area contributed by atoms with Gasteiger partial charge in [0, 0.05) is 25.3 Å². The molecule has 3 rings (SSSR count). The van der Waals surface area contributed by atoms with Crippen molar-refractivity contribution in [2.24, 2.45) is 0 Å². The number of likely N-dealkylation sites (tertiary alicyclic amines) is 1. The highest BCUT2D eigenvalue weighted by Gasteiger charge is 2.25. The van der Waals surface area contributed by atoms with Gasteiger partial charge in [-0.15, -0.1) is 0 Å². The van der Waals surface area contributed by atoms with Crippen LogP contribution in [0.15, 0.2) is 42.6 Å². The number of pyridine rings is 1. The maximum Gasteiger partial charge on any atom is 0.272 e. The minimum Gasteiger partial charge on any atom is -0.483 e. The summed E-state index contributed by atoms with van der Waals surface area (Å²) in [5, 5.41) is 3.00. The number of hydrogen-bond acceptors (Lipinski definition) is 4. The summed E-state index contributed by atoms with van der Waals surface area (Å²) < 4.78 is 5.65. The molecule has 0 bridgehead atoms. The standard InChI is InChI=1S/C21H25N3O3/c1-15-6-5-8-19(16(15)2)27-14-20(25)23-17-9-12-24(13-10-17)21(26)18-7-3-4-11-22-18/h3-8,11,17H,9-10,12-14H2,1-2H3,(H,23,25). The van der Waals surface area contributed by atoms with Gasteiger partial charge in [0.25, 0.3) is 11.8 Å². The van der Waals surface area contributed by atoms with E-state index in [2.05, 4.69) is 10.3 Å². The molecule has 0 aliphatic carbocycles. The highest BCUT2D eigenvalue weighted by molar-refractivity contribution is 5.92. The third-order valence-corrected chi connectivity index (χ3v) is 4.94. The van der Waals surface area contributed by atoms with E-state index in [-0.39, 0.29) is 24.5 Å². The van der Waals surface area contributed by atoms with Crippen LogP contribution in [0.3, 0.4) is 0 Å². The van der Waals surface area contributed by atoms with Gasteiger partial charge in [-0.05, 0) is 56.0 Å². The molecule has 6 nitrogen and oxygen atoms in total. The highest BCUT2D eigenvalue weighted by Crippen LogP contribution is 2.20. The van der Waals surface area contributed by atoms with Crippen LogP contribution in [0.4, 0.5) is 0 Å². The number of nitrogens with zero attached hydrogens (tertiary/aromatic N) is 2. The molecule has 2 heterocycles. The average molecular weight is 367 g/mol. The number of benzene rings is 1. The Morgan fingerprint density at radius 2 is 1.93 bits per heavy atom. The van der Waals surface area contributed by atoms with E-state index in [0.717, 1.165) is 29.7 Å². The van der Waals surface area contributed by atoms with E-state index in [9.17, 15) is 9.59 Å². The van der Waals surface area contributed by atoms with Gasteiger partial charge in [0.1, 0.15) is 11.4 Å². The van der Waals surface area contributed by atoms with Gasteiger partial charge in [-0.2, -0.15) is 0 Å². The van der Waals surface area contributed by atoms with Crippen molar-refractivity contribution in [1.82, 2.24) is 15.2 Å². The summed E-state index contributed by atoms with van der Waals surface area (Å²) in [6.07, 6.45) is 3.08. The zero-order valence-corrected chi connectivity index (χ0v) is 15.8. The number of amides is 2. The number of aromatic nitrogens is 1.